The normalized spacial score (nSPS) is 12.9. The maximum absolute atomic E-state index is 11.4. The van der Waals surface area contributed by atoms with Crippen LogP contribution in [0.15, 0.2) is 47.5 Å². The summed E-state index contributed by atoms with van der Waals surface area (Å²) in [4.78, 5) is 4.34. The topological polar surface area (TPSA) is 82.3 Å². The molecule has 5 nitrogen and oxygen atoms in total. The van der Waals surface area contributed by atoms with Crippen LogP contribution in [0.4, 0.5) is 0 Å². The molecule has 0 saturated carbocycles. The van der Waals surface area contributed by atoms with Crippen LogP contribution in [0, 0.1) is 0 Å². The van der Waals surface area contributed by atoms with Crippen LogP contribution in [-0.2, 0) is 9.84 Å². The summed E-state index contributed by atoms with van der Waals surface area (Å²) >= 11 is 0. The van der Waals surface area contributed by atoms with Crippen LogP contribution < -0.4 is 10.5 Å². The van der Waals surface area contributed by atoms with Crippen molar-refractivity contribution in [2.45, 2.75) is 17.9 Å². The molecule has 6 heteroatoms. The Morgan fingerprint density at radius 3 is 2.40 bits per heavy atom. The Balaban J connectivity index is 2.20. The van der Waals surface area contributed by atoms with Crippen molar-refractivity contribution in [1.29, 1.82) is 0 Å². The number of nitrogens with zero attached hydrogens (tertiary/aromatic N) is 1. The van der Waals surface area contributed by atoms with E-state index in [2.05, 4.69) is 4.98 Å². The zero-order valence-electron chi connectivity index (χ0n) is 11.3. The highest BCUT2D eigenvalue weighted by Crippen LogP contribution is 2.23. The predicted molar refractivity (Wildman–Crippen MR) is 76.5 cm³/mol. The predicted octanol–water partition coefficient (Wildman–Crippen LogP) is 2.30. The van der Waals surface area contributed by atoms with Crippen LogP contribution in [0.1, 0.15) is 18.5 Å². The number of benzene rings is 1. The molecule has 0 fully saturated rings. The molecule has 0 aliphatic heterocycles. The van der Waals surface area contributed by atoms with Gasteiger partial charge in [0.05, 0.1) is 4.90 Å². The van der Waals surface area contributed by atoms with Gasteiger partial charge in [-0.15, -0.1) is 0 Å². The second kappa shape index (κ2) is 5.60. The first kappa shape index (κ1) is 14.5. The van der Waals surface area contributed by atoms with E-state index in [0.29, 0.717) is 11.6 Å². The summed E-state index contributed by atoms with van der Waals surface area (Å²) in [6, 6.07) is 9.67. The van der Waals surface area contributed by atoms with Crippen molar-refractivity contribution in [1.82, 2.24) is 4.98 Å². The highest BCUT2D eigenvalue weighted by atomic mass is 32.2. The molecule has 1 aromatic carbocycles. The molecule has 0 bridgehead atoms. The summed E-state index contributed by atoms with van der Waals surface area (Å²) in [5.41, 5.74) is 6.71. The van der Waals surface area contributed by atoms with Crippen molar-refractivity contribution in [2.75, 3.05) is 6.26 Å². The van der Waals surface area contributed by atoms with Crippen LogP contribution in [-0.4, -0.2) is 19.7 Å². The number of rotatable bonds is 4. The average Bonchev–Trinajstić information content (AvgIpc) is 2.38. The minimum atomic E-state index is -3.20. The van der Waals surface area contributed by atoms with Gasteiger partial charge in [0.1, 0.15) is 5.75 Å². The molecule has 106 valence electrons. The van der Waals surface area contributed by atoms with E-state index in [0.717, 1.165) is 11.8 Å². The standard InChI is InChI=1S/C14H16N2O3S/c1-10(15)11-7-8-16-14(9-11)19-12-3-5-13(6-4-12)20(2,17)18/h3-10H,15H2,1-2H3. The van der Waals surface area contributed by atoms with Crippen molar-refractivity contribution in [3.05, 3.63) is 48.2 Å². The number of sulfone groups is 1. The van der Waals surface area contributed by atoms with Gasteiger partial charge in [0, 0.05) is 24.6 Å². The minimum absolute atomic E-state index is 0.104. The number of hydrogen-bond donors (Lipinski definition) is 1. The molecule has 2 N–H and O–H groups in total. The van der Waals surface area contributed by atoms with E-state index < -0.39 is 9.84 Å². The quantitative estimate of drug-likeness (QED) is 0.935. The Labute approximate surface area is 118 Å². The number of ether oxygens (including phenoxy) is 1. The molecule has 0 spiro atoms. The molecule has 0 amide bonds. The largest absolute Gasteiger partial charge is 0.439 e. The zero-order valence-corrected chi connectivity index (χ0v) is 12.1. The van der Waals surface area contributed by atoms with Crippen LogP contribution in [0.5, 0.6) is 11.6 Å². The smallest absolute Gasteiger partial charge is 0.219 e. The zero-order chi connectivity index (χ0) is 14.8. The molecule has 0 radical (unpaired) electrons. The molecule has 0 saturated heterocycles. The Kier molecular flexibility index (Phi) is 4.06. The third-order valence-corrected chi connectivity index (χ3v) is 3.89. The van der Waals surface area contributed by atoms with Gasteiger partial charge in [-0.05, 0) is 42.8 Å². The molecule has 20 heavy (non-hydrogen) atoms. The summed E-state index contributed by atoms with van der Waals surface area (Å²) in [6.45, 7) is 1.88. The van der Waals surface area contributed by atoms with E-state index in [1.807, 2.05) is 13.0 Å². The fourth-order valence-electron chi connectivity index (χ4n) is 1.64. The molecule has 1 unspecified atom stereocenters. The molecule has 1 atom stereocenters. The lowest BCUT2D eigenvalue weighted by Crippen LogP contribution is -2.05. The lowest BCUT2D eigenvalue weighted by molar-refractivity contribution is 0.461. The first-order valence-electron chi connectivity index (χ1n) is 6.06. The van der Waals surface area contributed by atoms with E-state index in [-0.39, 0.29) is 10.9 Å². The molecule has 2 rings (SSSR count). The highest BCUT2D eigenvalue weighted by Gasteiger charge is 2.08. The van der Waals surface area contributed by atoms with Crippen molar-refractivity contribution in [3.63, 3.8) is 0 Å². The Bertz CT molecular complexity index is 695. The molecular formula is C14H16N2O3S. The Hall–Kier alpha value is -1.92. The fraction of sp³-hybridized carbons (Fsp3) is 0.214. The molecule has 0 aliphatic carbocycles. The Morgan fingerprint density at radius 2 is 1.85 bits per heavy atom. The maximum atomic E-state index is 11.4. The summed E-state index contributed by atoms with van der Waals surface area (Å²) < 4.78 is 28.3. The van der Waals surface area contributed by atoms with Gasteiger partial charge in [-0.2, -0.15) is 0 Å². The summed E-state index contributed by atoms with van der Waals surface area (Å²) in [6.07, 6.45) is 2.79. The van der Waals surface area contributed by atoms with E-state index >= 15 is 0 Å². The van der Waals surface area contributed by atoms with Crippen LogP contribution in [0.3, 0.4) is 0 Å². The molecule has 1 heterocycles. The second-order valence-electron chi connectivity index (χ2n) is 4.56. The fourth-order valence-corrected chi connectivity index (χ4v) is 2.27. The maximum Gasteiger partial charge on any atom is 0.219 e. The van der Waals surface area contributed by atoms with Crippen molar-refractivity contribution in [2.24, 2.45) is 5.73 Å². The minimum Gasteiger partial charge on any atom is -0.439 e. The van der Waals surface area contributed by atoms with E-state index in [4.69, 9.17) is 10.5 Å². The Morgan fingerprint density at radius 1 is 1.20 bits per heavy atom. The first-order valence-corrected chi connectivity index (χ1v) is 7.95. The lowest BCUT2D eigenvalue weighted by atomic mass is 10.1. The summed E-state index contributed by atoms with van der Waals surface area (Å²) in [5, 5.41) is 0. The molecule has 2 aromatic rings. The lowest BCUT2D eigenvalue weighted by Gasteiger charge is -2.09. The SMILES string of the molecule is CC(N)c1ccnc(Oc2ccc(S(C)(=O)=O)cc2)c1. The van der Waals surface area contributed by atoms with Crippen molar-refractivity contribution >= 4 is 9.84 Å². The summed E-state index contributed by atoms with van der Waals surface area (Å²) in [5.74, 6) is 0.943. The summed E-state index contributed by atoms with van der Waals surface area (Å²) in [7, 11) is -3.20. The van der Waals surface area contributed by atoms with Crippen LogP contribution in [0.2, 0.25) is 0 Å². The number of aromatic nitrogens is 1. The van der Waals surface area contributed by atoms with Gasteiger partial charge in [0.25, 0.3) is 0 Å². The monoisotopic (exact) mass is 292 g/mol. The number of pyridine rings is 1. The van der Waals surface area contributed by atoms with E-state index in [1.165, 1.54) is 12.1 Å². The van der Waals surface area contributed by atoms with E-state index in [1.54, 1.807) is 24.4 Å². The van der Waals surface area contributed by atoms with Crippen LogP contribution in [0.25, 0.3) is 0 Å². The molecular weight excluding hydrogens is 276 g/mol. The van der Waals surface area contributed by atoms with Gasteiger partial charge in [-0.25, -0.2) is 13.4 Å². The van der Waals surface area contributed by atoms with Gasteiger partial charge in [-0.1, -0.05) is 0 Å². The molecule has 0 aliphatic rings. The highest BCUT2D eigenvalue weighted by molar-refractivity contribution is 7.90. The van der Waals surface area contributed by atoms with Gasteiger partial charge in [0.2, 0.25) is 5.88 Å². The van der Waals surface area contributed by atoms with Gasteiger partial charge in [0.15, 0.2) is 9.84 Å². The number of hydrogen-bond acceptors (Lipinski definition) is 5. The van der Waals surface area contributed by atoms with Crippen molar-refractivity contribution in [3.8, 4) is 11.6 Å². The van der Waals surface area contributed by atoms with Crippen molar-refractivity contribution < 1.29 is 13.2 Å². The third kappa shape index (κ3) is 3.55. The van der Waals surface area contributed by atoms with Gasteiger partial charge in [-0.3, -0.25) is 0 Å². The second-order valence-corrected chi connectivity index (χ2v) is 6.58. The van der Waals surface area contributed by atoms with E-state index in [9.17, 15) is 8.42 Å². The number of nitrogens with two attached hydrogens (primary N) is 1. The third-order valence-electron chi connectivity index (χ3n) is 2.76. The van der Waals surface area contributed by atoms with Crippen LogP contribution >= 0.6 is 0 Å². The average molecular weight is 292 g/mol. The molecule has 1 aromatic heterocycles. The van der Waals surface area contributed by atoms with Gasteiger partial charge < -0.3 is 10.5 Å². The van der Waals surface area contributed by atoms with Gasteiger partial charge >= 0.3 is 0 Å². The first-order chi connectivity index (χ1) is 9.36.